The number of nitrogens with zero attached hydrogens (tertiary/aromatic N) is 5. The van der Waals surface area contributed by atoms with Crippen molar-refractivity contribution in [1.82, 2.24) is 19.8 Å². The SMILES string of the molecule is Cc1nc(Nc2cccc(N3CCN(C)C3=O)n2)sc1-c1cc2c(c(S(C)(=O)=O)c1)C(=O)N(C(C)C1CC1)C2. The molecule has 1 saturated heterocycles. The molecule has 1 aliphatic carbocycles. The number of nitrogens with one attached hydrogen (secondary N) is 1. The lowest BCUT2D eigenvalue weighted by Crippen LogP contribution is -2.35. The number of sulfone groups is 1. The van der Waals surface area contributed by atoms with Gasteiger partial charge in [-0.3, -0.25) is 9.69 Å². The molecular formula is C27H30N6O4S2. The number of hydrogen-bond donors (Lipinski definition) is 1. The number of benzene rings is 1. The van der Waals surface area contributed by atoms with Gasteiger partial charge >= 0.3 is 6.03 Å². The molecule has 0 bridgehead atoms. The molecule has 204 valence electrons. The van der Waals surface area contributed by atoms with Gasteiger partial charge in [0.05, 0.1) is 21.0 Å². The molecule has 2 aromatic heterocycles. The Kier molecular flexibility index (Phi) is 6.14. The molecule has 2 aliphatic heterocycles. The van der Waals surface area contributed by atoms with Crippen LogP contribution in [0.1, 0.15) is 41.4 Å². The minimum atomic E-state index is -3.65. The zero-order valence-corrected chi connectivity index (χ0v) is 23.9. The number of aromatic nitrogens is 2. The first kappa shape index (κ1) is 25.8. The number of pyridine rings is 1. The predicted octanol–water partition coefficient (Wildman–Crippen LogP) is 4.29. The fourth-order valence-corrected chi connectivity index (χ4v) is 7.25. The Bertz CT molecular complexity index is 1610. The molecule has 1 N–H and O–H groups in total. The molecule has 4 heterocycles. The predicted molar refractivity (Wildman–Crippen MR) is 150 cm³/mol. The molecule has 6 rings (SSSR count). The van der Waals surface area contributed by atoms with E-state index < -0.39 is 9.84 Å². The van der Waals surface area contributed by atoms with Crippen LogP contribution in [0.2, 0.25) is 0 Å². The summed E-state index contributed by atoms with van der Waals surface area (Å²) in [6, 6.07) is 8.97. The molecule has 12 heteroatoms. The van der Waals surface area contributed by atoms with Crippen molar-refractivity contribution in [3.8, 4) is 10.4 Å². The van der Waals surface area contributed by atoms with Crippen molar-refractivity contribution in [2.24, 2.45) is 5.92 Å². The van der Waals surface area contributed by atoms with Gasteiger partial charge in [-0.2, -0.15) is 0 Å². The summed E-state index contributed by atoms with van der Waals surface area (Å²) in [6.45, 7) is 5.56. The smallest absolute Gasteiger partial charge is 0.325 e. The molecule has 3 aliphatic rings. The molecule has 1 aromatic carbocycles. The summed E-state index contributed by atoms with van der Waals surface area (Å²) >= 11 is 1.39. The van der Waals surface area contributed by atoms with E-state index in [-0.39, 0.29) is 22.9 Å². The second-order valence-corrected chi connectivity index (χ2v) is 13.6. The number of thiazole rings is 1. The number of carbonyl (C=O) groups excluding carboxylic acids is 2. The standard InChI is InChI=1S/C27H30N6O4S2/c1-15-24(38-26(28-15)30-21-6-5-7-22(29-21)32-11-10-31(3)27(32)35)18-12-19-14-33(16(2)17-8-9-17)25(34)23(19)20(13-18)39(4,36)37/h5-7,12-13,16-17H,8-11,14H2,1-4H3,(H,28,29,30). The number of likely N-dealkylation sites (N-methyl/N-ethyl adjacent to an activating group) is 1. The molecule has 3 amide bonds. The highest BCUT2D eigenvalue weighted by Gasteiger charge is 2.41. The Balaban J connectivity index is 1.32. The second-order valence-electron chi connectivity index (χ2n) is 10.6. The van der Waals surface area contributed by atoms with Gasteiger partial charge in [-0.25, -0.2) is 23.2 Å². The zero-order valence-electron chi connectivity index (χ0n) is 22.3. The van der Waals surface area contributed by atoms with Crippen molar-refractivity contribution >= 4 is 49.9 Å². The van der Waals surface area contributed by atoms with Crippen LogP contribution in [-0.2, 0) is 16.4 Å². The molecule has 0 spiro atoms. The topological polar surface area (TPSA) is 116 Å². The fraction of sp³-hybridized carbons (Fsp3) is 0.407. The highest BCUT2D eigenvalue weighted by Crippen LogP contribution is 2.42. The maximum atomic E-state index is 13.3. The third kappa shape index (κ3) is 4.65. The molecule has 0 radical (unpaired) electrons. The van der Waals surface area contributed by atoms with E-state index in [4.69, 9.17) is 0 Å². The molecule has 39 heavy (non-hydrogen) atoms. The first-order valence-electron chi connectivity index (χ1n) is 12.9. The number of fused-ring (bicyclic) bond motifs is 1. The average molecular weight is 567 g/mol. The van der Waals surface area contributed by atoms with Crippen molar-refractivity contribution in [2.75, 3.05) is 36.6 Å². The Labute approximate surface area is 231 Å². The van der Waals surface area contributed by atoms with Gasteiger partial charge in [-0.05, 0) is 68.0 Å². The Morgan fingerprint density at radius 3 is 2.56 bits per heavy atom. The summed E-state index contributed by atoms with van der Waals surface area (Å²) in [7, 11) is -1.88. The van der Waals surface area contributed by atoms with E-state index in [2.05, 4.69) is 22.2 Å². The third-order valence-electron chi connectivity index (χ3n) is 7.72. The van der Waals surface area contributed by atoms with Crippen LogP contribution in [0.4, 0.5) is 21.6 Å². The Morgan fingerprint density at radius 2 is 1.90 bits per heavy atom. The maximum absolute atomic E-state index is 13.3. The lowest BCUT2D eigenvalue weighted by atomic mass is 10.0. The van der Waals surface area contributed by atoms with Crippen molar-refractivity contribution in [3.63, 3.8) is 0 Å². The van der Waals surface area contributed by atoms with Crippen LogP contribution in [0.3, 0.4) is 0 Å². The largest absolute Gasteiger partial charge is 0.331 e. The highest BCUT2D eigenvalue weighted by atomic mass is 32.2. The van der Waals surface area contributed by atoms with Crippen LogP contribution >= 0.6 is 11.3 Å². The van der Waals surface area contributed by atoms with Gasteiger partial charge in [0.25, 0.3) is 5.91 Å². The van der Waals surface area contributed by atoms with E-state index in [0.717, 1.165) is 40.8 Å². The number of amides is 3. The number of anilines is 3. The Hall–Kier alpha value is -3.51. The van der Waals surface area contributed by atoms with E-state index >= 15 is 0 Å². The molecule has 3 aromatic rings. The van der Waals surface area contributed by atoms with E-state index in [0.29, 0.717) is 47.9 Å². The summed E-state index contributed by atoms with van der Waals surface area (Å²) in [5, 5.41) is 3.83. The molecule has 1 unspecified atom stereocenters. The third-order valence-corrected chi connectivity index (χ3v) is 9.96. The van der Waals surface area contributed by atoms with E-state index in [1.54, 1.807) is 29.0 Å². The summed E-state index contributed by atoms with van der Waals surface area (Å²) in [4.78, 5) is 41.0. The van der Waals surface area contributed by atoms with Crippen molar-refractivity contribution in [3.05, 3.63) is 47.2 Å². The fourth-order valence-electron chi connectivity index (χ4n) is 5.36. The van der Waals surface area contributed by atoms with Gasteiger partial charge in [0.15, 0.2) is 15.0 Å². The highest BCUT2D eigenvalue weighted by molar-refractivity contribution is 7.90. The second kappa shape index (κ2) is 9.30. The zero-order chi connectivity index (χ0) is 27.6. The van der Waals surface area contributed by atoms with Crippen LogP contribution < -0.4 is 10.2 Å². The van der Waals surface area contributed by atoms with Crippen LogP contribution in [0.15, 0.2) is 35.2 Å². The normalized spacial score (nSPS) is 18.2. The Morgan fingerprint density at radius 1 is 1.13 bits per heavy atom. The first-order chi connectivity index (χ1) is 18.5. The molecular weight excluding hydrogens is 536 g/mol. The number of urea groups is 1. The lowest BCUT2D eigenvalue weighted by Gasteiger charge is -2.24. The van der Waals surface area contributed by atoms with E-state index in [1.807, 2.05) is 30.0 Å². The van der Waals surface area contributed by atoms with Gasteiger partial charge < -0.3 is 15.1 Å². The average Bonchev–Trinajstić information content (AvgIpc) is 3.50. The quantitative estimate of drug-likeness (QED) is 0.454. The first-order valence-corrected chi connectivity index (χ1v) is 15.6. The van der Waals surface area contributed by atoms with Gasteiger partial charge in [0, 0.05) is 39.0 Å². The summed E-state index contributed by atoms with van der Waals surface area (Å²) in [5.41, 5.74) is 2.50. The number of hydrogen-bond acceptors (Lipinski definition) is 8. The van der Waals surface area contributed by atoms with Crippen LogP contribution in [0.5, 0.6) is 0 Å². The van der Waals surface area contributed by atoms with E-state index in [9.17, 15) is 18.0 Å². The molecule has 2 fully saturated rings. The van der Waals surface area contributed by atoms with Crippen LogP contribution in [0.25, 0.3) is 10.4 Å². The minimum absolute atomic E-state index is 0.0717. The molecule has 10 nitrogen and oxygen atoms in total. The molecule has 1 saturated carbocycles. The monoisotopic (exact) mass is 566 g/mol. The van der Waals surface area contributed by atoms with E-state index in [1.165, 1.54) is 11.3 Å². The summed E-state index contributed by atoms with van der Waals surface area (Å²) in [5.74, 6) is 1.40. The summed E-state index contributed by atoms with van der Waals surface area (Å²) < 4.78 is 25.7. The van der Waals surface area contributed by atoms with Gasteiger partial charge in [-0.1, -0.05) is 17.4 Å². The summed E-state index contributed by atoms with van der Waals surface area (Å²) in [6.07, 6.45) is 3.36. The number of carbonyl (C=O) groups is 2. The van der Waals surface area contributed by atoms with Crippen molar-refractivity contribution in [2.45, 2.75) is 44.2 Å². The number of rotatable bonds is 7. The van der Waals surface area contributed by atoms with Crippen LogP contribution in [-0.4, -0.2) is 72.6 Å². The maximum Gasteiger partial charge on any atom is 0.325 e. The van der Waals surface area contributed by atoms with Crippen molar-refractivity contribution in [1.29, 1.82) is 0 Å². The molecule has 1 atom stereocenters. The van der Waals surface area contributed by atoms with Gasteiger partial charge in [0.1, 0.15) is 11.6 Å². The number of aryl methyl sites for hydroxylation is 1. The van der Waals surface area contributed by atoms with Gasteiger partial charge in [-0.15, -0.1) is 0 Å². The van der Waals surface area contributed by atoms with Crippen LogP contribution in [0, 0.1) is 12.8 Å². The lowest BCUT2D eigenvalue weighted by molar-refractivity contribution is 0.0694. The minimum Gasteiger partial charge on any atom is -0.331 e. The van der Waals surface area contributed by atoms with Crippen molar-refractivity contribution < 1.29 is 18.0 Å². The van der Waals surface area contributed by atoms with Gasteiger partial charge in [0.2, 0.25) is 0 Å².